The minimum absolute atomic E-state index is 0.0147. The molecule has 0 fully saturated rings. The Morgan fingerprint density at radius 3 is 2.72 bits per heavy atom. The summed E-state index contributed by atoms with van der Waals surface area (Å²) < 4.78 is 28.3. The minimum atomic E-state index is -3.63. The van der Waals surface area contributed by atoms with Crippen LogP contribution in [0.15, 0.2) is 23.6 Å². The Hall–Kier alpha value is -1.67. The first-order valence-corrected chi connectivity index (χ1v) is 6.90. The quantitative estimate of drug-likeness (QED) is 0.845. The molecular weight excluding hydrogens is 254 g/mol. The highest BCUT2D eigenvalue weighted by Crippen LogP contribution is 2.13. The largest absolute Gasteiger partial charge is 0.347 e. The highest BCUT2D eigenvalue weighted by molar-refractivity contribution is 7.89. The third kappa shape index (κ3) is 2.44. The molecule has 2 N–H and O–H groups in total. The number of imidazole rings is 2. The molecule has 0 amide bonds. The molecule has 0 aliphatic heterocycles. The number of nitrogens with one attached hydrogen (secondary N) is 2. The van der Waals surface area contributed by atoms with Crippen LogP contribution in [0.2, 0.25) is 0 Å². The molecule has 2 aromatic rings. The summed E-state index contributed by atoms with van der Waals surface area (Å²) in [5.41, 5.74) is 0. The lowest BCUT2D eigenvalue weighted by Crippen LogP contribution is -2.27. The van der Waals surface area contributed by atoms with Crippen molar-refractivity contribution in [1.29, 1.82) is 0 Å². The normalized spacial score (nSPS) is 13.7. The van der Waals surface area contributed by atoms with E-state index in [1.165, 1.54) is 6.20 Å². The van der Waals surface area contributed by atoms with Gasteiger partial charge in [0.2, 0.25) is 0 Å². The van der Waals surface area contributed by atoms with E-state index in [0.29, 0.717) is 11.6 Å². The number of rotatable bonds is 4. The fourth-order valence-electron chi connectivity index (χ4n) is 1.52. The van der Waals surface area contributed by atoms with Crippen molar-refractivity contribution >= 4 is 10.0 Å². The highest BCUT2D eigenvalue weighted by Gasteiger charge is 2.22. The Morgan fingerprint density at radius 2 is 2.22 bits per heavy atom. The van der Waals surface area contributed by atoms with Gasteiger partial charge in [0.05, 0.1) is 6.04 Å². The molecule has 0 aliphatic rings. The van der Waals surface area contributed by atoms with Gasteiger partial charge < -0.3 is 9.55 Å². The number of nitrogens with zero attached hydrogens (tertiary/aromatic N) is 3. The molecule has 0 aromatic carbocycles. The number of aryl methyl sites for hydroxylation is 2. The Labute approximate surface area is 105 Å². The van der Waals surface area contributed by atoms with E-state index in [9.17, 15) is 8.42 Å². The van der Waals surface area contributed by atoms with Crippen LogP contribution < -0.4 is 4.72 Å². The number of aromatic amines is 1. The lowest BCUT2D eigenvalue weighted by Gasteiger charge is -2.10. The van der Waals surface area contributed by atoms with Crippen molar-refractivity contribution < 1.29 is 8.42 Å². The first kappa shape index (κ1) is 12.8. The predicted molar refractivity (Wildman–Crippen MR) is 65.3 cm³/mol. The molecule has 2 rings (SSSR count). The molecule has 0 saturated heterocycles. The summed E-state index contributed by atoms with van der Waals surface area (Å²) in [6.07, 6.45) is 4.70. The van der Waals surface area contributed by atoms with Crippen LogP contribution in [-0.2, 0) is 17.1 Å². The third-order valence-corrected chi connectivity index (χ3v) is 4.03. The second kappa shape index (κ2) is 4.54. The van der Waals surface area contributed by atoms with Crippen molar-refractivity contribution in [3.05, 3.63) is 30.2 Å². The van der Waals surface area contributed by atoms with Crippen LogP contribution in [0.5, 0.6) is 0 Å². The van der Waals surface area contributed by atoms with Crippen LogP contribution in [0.1, 0.15) is 24.6 Å². The topological polar surface area (TPSA) is 92.7 Å². The van der Waals surface area contributed by atoms with Gasteiger partial charge >= 0.3 is 0 Å². The van der Waals surface area contributed by atoms with Gasteiger partial charge in [-0.1, -0.05) is 0 Å². The van der Waals surface area contributed by atoms with Crippen LogP contribution in [0.25, 0.3) is 0 Å². The smallest absolute Gasteiger partial charge is 0.260 e. The maximum absolute atomic E-state index is 12.1. The third-order valence-electron chi connectivity index (χ3n) is 2.62. The Balaban J connectivity index is 2.22. The average molecular weight is 269 g/mol. The van der Waals surface area contributed by atoms with Gasteiger partial charge in [-0.2, -0.15) is 4.72 Å². The maximum atomic E-state index is 12.1. The molecule has 8 heteroatoms. The molecule has 98 valence electrons. The molecule has 0 bridgehead atoms. The monoisotopic (exact) mass is 269 g/mol. The van der Waals surface area contributed by atoms with Crippen molar-refractivity contribution in [3.63, 3.8) is 0 Å². The van der Waals surface area contributed by atoms with E-state index in [2.05, 4.69) is 19.7 Å². The predicted octanol–water partition coefficient (Wildman–Crippen LogP) is 0.491. The SMILES string of the molecule is Cc1nc(S(=O)(=O)NC(C)c2ncc[nH]2)cn1C. The van der Waals surface area contributed by atoms with E-state index in [1.54, 1.807) is 37.9 Å². The molecule has 1 unspecified atom stereocenters. The summed E-state index contributed by atoms with van der Waals surface area (Å²) >= 11 is 0. The van der Waals surface area contributed by atoms with Crippen LogP contribution in [0.3, 0.4) is 0 Å². The van der Waals surface area contributed by atoms with Crippen molar-refractivity contribution in [2.24, 2.45) is 7.05 Å². The lowest BCUT2D eigenvalue weighted by molar-refractivity contribution is 0.558. The zero-order chi connectivity index (χ0) is 13.3. The van der Waals surface area contributed by atoms with E-state index >= 15 is 0 Å². The van der Waals surface area contributed by atoms with Crippen molar-refractivity contribution in [2.75, 3.05) is 0 Å². The van der Waals surface area contributed by atoms with E-state index in [-0.39, 0.29) is 5.03 Å². The Bertz CT molecular complexity index is 610. The fourth-order valence-corrected chi connectivity index (χ4v) is 2.77. The zero-order valence-electron chi connectivity index (χ0n) is 10.4. The zero-order valence-corrected chi connectivity index (χ0v) is 11.2. The van der Waals surface area contributed by atoms with Crippen molar-refractivity contribution in [1.82, 2.24) is 24.2 Å². The van der Waals surface area contributed by atoms with E-state index in [1.807, 2.05) is 0 Å². The number of sulfonamides is 1. The van der Waals surface area contributed by atoms with Gasteiger partial charge in [-0.15, -0.1) is 0 Å². The molecule has 1 atom stereocenters. The second-order valence-corrected chi connectivity index (χ2v) is 5.72. The van der Waals surface area contributed by atoms with Gasteiger partial charge in [-0.05, 0) is 13.8 Å². The maximum Gasteiger partial charge on any atom is 0.260 e. The average Bonchev–Trinajstić information content (AvgIpc) is 2.89. The molecule has 2 heterocycles. The number of aromatic nitrogens is 4. The van der Waals surface area contributed by atoms with Gasteiger partial charge in [0, 0.05) is 25.6 Å². The molecule has 7 nitrogen and oxygen atoms in total. The number of H-pyrrole nitrogens is 1. The molecule has 0 radical (unpaired) electrons. The summed E-state index contributed by atoms with van der Waals surface area (Å²) in [5.74, 6) is 1.20. The molecule has 0 aliphatic carbocycles. The first-order chi connectivity index (χ1) is 8.40. The van der Waals surface area contributed by atoms with Crippen LogP contribution >= 0.6 is 0 Å². The standard InChI is InChI=1S/C10H15N5O2S/c1-7(10-11-4-5-12-10)14-18(16,17)9-6-15(3)8(2)13-9/h4-7,14H,1-3H3,(H,11,12). The van der Waals surface area contributed by atoms with Gasteiger partial charge in [-0.3, -0.25) is 0 Å². The summed E-state index contributed by atoms with van der Waals surface area (Å²) in [6.45, 7) is 3.46. The van der Waals surface area contributed by atoms with Crippen LogP contribution in [0, 0.1) is 6.92 Å². The van der Waals surface area contributed by atoms with Gasteiger partial charge in [0.25, 0.3) is 10.0 Å². The van der Waals surface area contributed by atoms with Crippen molar-refractivity contribution in [2.45, 2.75) is 24.9 Å². The summed E-state index contributed by atoms with van der Waals surface area (Å²) in [4.78, 5) is 10.9. The van der Waals surface area contributed by atoms with Crippen LogP contribution in [0.4, 0.5) is 0 Å². The second-order valence-electron chi connectivity index (χ2n) is 4.05. The van der Waals surface area contributed by atoms with Gasteiger partial charge in [0.1, 0.15) is 11.6 Å². The number of hydrogen-bond donors (Lipinski definition) is 2. The van der Waals surface area contributed by atoms with Gasteiger partial charge in [0.15, 0.2) is 5.03 Å². The van der Waals surface area contributed by atoms with E-state index in [0.717, 1.165) is 0 Å². The Morgan fingerprint density at radius 1 is 1.50 bits per heavy atom. The lowest BCUT2D eigenvalue weighted by atomic mass is 10.3. The molecule has 0 saturated carbocycles. The van der Waals surface area contributed by atoms with Crippen LogP contribution in [-0.4, -0.2) is 27.9 Å². The molecule has 0 spiro atoms. The van der Waals surface area contributed by atoms with Crippen molar-refractivity contribution in [3.8, 4) is 0 Å². The highest BCUT2D eigenvalue weighted by atomic mass is 32.2. The van der Waals surface area contributed by atoms with Gasteiger partial charge in [-0.25, -0.2) is 18.4 Å². The first-order valence-electron chi connectivity index (χ1n) is 5.42. The van der Waals surface area contributed by atoms with E-state index < -0.39 is 16.1 Å². The number of hydrogen-bond acceptors (Lipinski definition) is 4. The molecular formula is C10H15N5O2S. The summed E-state index contributed by atoms with van der Waals surface area (Å²) in [6, 6.07) is -0.438. The van der Waals surface area contributed by atoms with E-state index in [4.69, 9.17) is 0 Å². The summed E-state index contributed by atoms with van der Waals surface area (Å²) in [5, 5.41) is 0.0147. The molecule has 2 aromatic heterocycles. The molecule has 18 heavy (non-hydrogen) atoms. The Kier molecular flexibility index (Phi) is 3.22. The minimum Gasteiger partial charge on any atom is -0.347 e. The fraction of sp³-hybridized carbons (Fsp3) is 0.400. The summed E-state index contributed by atoms with van der Waals surface area (Å²) in [7, 11) is -1.88.